The smallest absolute Gasteiger partial charge is 0.0446 e. The van der Waals surface area contributed by atoms with Gasteiger partial charge in [-0.3, -0.25) is 9.80 Å². The van der Waals surface area contributed by atoms with Gasteiger partial charge in [-0.05, 0) is 17.9 Å². The first-order valence-corrected chi connectivity index (χ1v) is 8.48. The molecule has 3 nitrogen and oxygen atoms in total. The van der Waals surface area contributed by atoms with Crippen LogP contribution in [0.1, 0.15) is 25.8 Å². The van der Waals surface area contributed by atoms with Gasteiger partial charge < -0.3 is 5.11 Å². The van der Waals surface area contributed by atoms with E-state index in [1.807, 2.05) is 6.07 Å². The molecular weight excluding hydrogens is 272 g/mol. The molecule has 1 fully saturated rings. The lowest BCUT2D eigenvalue weighted by Crippen LogP contribution is -2.54. The first-order valence-electron chi connectivity index (χ1n) is 8.48. The van der Waals surface area contributed by atoms with E-state index in [4.69, 9.17) is 0 Å². The fourth-order valence-corrected chi connectivity index (χ4v) is 3.16. The summed E-state index contributed by atoms with van der Waals surface area (Å²) in [5, 5.41) is 9.32. The lowest BCUT2D eigenvalue weighted by Gasteiger charge is -2.42. The molecule has 1 atom stereocenters. The molecule has 2 rings (SSSR count). The predicted molar refractivity (Wildman–Crippen MR) is 93.8 cm³/mol. The number of hydrogen-bond donors (Lipinski definition) is 1. The number of hydrogen-bond acceptors (Lipinski definition) is 3. The summed E-state index contributed by atoms with van der Waals surface area (Å²) in [6.07, 6.45) is 5.33. The zero-order valence-corrected chi connectivity index (χ0v) is 14.0. The summed E-state index contributed by atoms with van der Waals surface area (Å²) in [5.41, 5.74) is 1.26. The number of nitrogens with zero attached hydrogens (tertiary/aromatic N) is 2. The Balaban J connectivity index is 1.84. The van der Waals surface area contributed by atoms with Crippen molar-refractivity contribution in [1.29, 1.82) is 0 Å². The SMILES string of the molecule is CC(C)CN1CCN(C/C=C/c2ccccc2)C[C@H]1CCO. The summed E-state index contributed by atoms with van der Waals surface area (Å²) in [5.74, 6) is 0.686. The van der Waals surface area contributed by atoms with E-state index in [-0.39, 0.29) is 6.61 Å². The molecule has 1 aromatic rings. The first-order chi connectivity index (χ1) is 10.7. The molecule has 1 N–H and O–H groups in total. The van der Waals surface area contributed by atoms with E-state index >= 15 is 0 Å². The summed E-state index contributed by atoms with van der Waals surface area (Å²) in [6.45, 7) is 10.2. The van der Waals surface area contributed by atoms with Crippen molar-refractivity contribution in [1.82, 2.24) is 9.80 Å². The molecule has 1 heterocycles. The van der Waals surface area contributed by atoms with E-state index in [1.165, 1.54) is 5.56 Å². The quantitative estimate of drug-likeness (QED) is 0.839. The topological polar surface area (TPSA) is 26.7 Å². The number of aliphatic hydroxyl groups is 1. The molecule has 0 radical (unpaired) electrons. The normalized spacial score (nSPS) is 21.0. The molecule has 1 aliphatic rings. The van der Waals surface area contributed by atoms with Gasteiger partial charge >= 0.3 is 0 Å². The van der Waals surface area contributed by atoms with Gasteiger partial charge in [0.1, 0.15) is 0 Å². The van der Waals surface area contributed by atoms with E-state index < -0.39 is 0 Å². The summed E-state index contributed by atoms with van der Waals surface area (Å²) < 4.78 is 0. The van der Waals surface area contributed by atoms with Crippen LogP contribution in [0.3, 0.4) is 0 Å². The van der Waals surface area contributed by atoms with Crippen molar-refractivity contribution in [3.05, 3.63) is 42.0 Å². The molecule has 22 heavy (non-hydrogen) atoms. The highest BCUT2D eigenvalue weighted by atomic mass is 16.3. The van der Waals surface area contributed by atoms with Crippen LogP contribution < -0.4 is 0 Å². The van der Waals surface area contributed by atoms with Gasteiger partial charge in [-0.2, -0.15) is 0 Å². The zero-order valence-electron chi connectivity index (χ0n) is 14.0. The lowest BCUT2D eigenvalue weighted by atomic mass is 10.1. The standard InChI is InChI=1S/C19H30N2O/c1-17(2)15-21-13-12-20(16-19(21)10-14-22)11-6-9-18-7-4-3-5-8-18/h3-9,17,19,22H,10-16H2,1-2H3/b9-6+/t19-/m1/s1. The van der Waals surface area contributed by atoms with Crippen LogP contribution in [0, 0.1) is 5.92 Å². The second kappa shape index (κ2) is 9.09. The van der Waals surface area contributed by atoms with Crippen molar-refractivity contribution in [2.45, 2.75) is 26.3 Å². The number of benzene rings is 1. The van der Waals surface area contributed by atoms with Gasteiger partial charge in [0.15, 0.2) is 0 Å². The maximum Gasteiger partial charge on any atom is 0.0446 e. The monoisotopic (exact) mass is 302 g/mol. The minimum absolute atomic E-state index is 0.285. The fourth-order valence-electron chi connectivity index (χ4n) is 3.16. The molecule has 1 aliphatic heterocycles. The van der Waals surface area contributed by atoms with Gasteiger partial charge in [-0.25, -0.2) is 0 Å². The highest BCUT2D eigenvalue weighted by Crippen LogP contribution is 2.15. The number of rotatable bonds is 7. The van der Waals surface area contributed by atoms with E-state index in [0.717, 1.165) is 39.1 Å². The predicted octanol–water partition coefficient (Wildman–Crippen LogP) is 2.72. The van der Waals surface area contributed by atoms with E-state index in [1.54, 1.807) is 0 Å². The molecule has 0 saturated carbocycles. The molecule has 122 valence electrons. The van der Waals surface area contributed by atoms with Crippen LogP contribution in [-0.4, -0.2) is 60.3 Å². The summed E-state index contributed by atoms with van der Waals surface area (Å²) in [6, 6.07) is 10.9. The second-order valence-electron chi connectivity index (χ2n) is 6.63. The van der Waals surface area contributed by atoms with Crippen LogP contribution in [0.2, 0.25) is 0 Å². The van der Waals surface area contributed by atoms with Gasteiger partial charge in [-0.1, -0.05) is 56.3 Å². The molecule has 0 aliphatic carbocycles. The Hall–Kier alpha value is -1.16. The van der Waals surface area contributed by atoms with Crippen molar-refractivity contribution in [3.63, 3.8) is 0 Å². The molecule has 0 amide bonds. The zero-order chi connectivity index (χ0) is 15.8. The molecule has 1 saturated heterocycles. The molecule has 0 spiro atoms. The van der Waals surface area contributed by atoms with E-state index in [0.29, 0.717) is 12.0 Å². The Bertz CT molecular complexity index is 444. The average Bonchev–Trinajstić information content (AvgIpc) is 2.51. The third-order valence-corrected chi connectivity index (χ3v) is 4.22. The Labute approximate surface area is 135 Å². The number of piperazine rings is 1. The lowest BCUT2D eigenvalue weighted by molar-refractivity contribution is 0.0570. The Morgan fingerprint density at radius 3 is 2.68 bits per heavy atom. The minimum Gasteiger partial charge on any atom is -0.396 e. The van der Waals surface area contributed by atoms with Gasteiger partial charge in [0.25, 0.3) is 0 Å². The first kappa shape index (κ1) is 17.2. The van der Waals surface area contributed by atoms with Crippen LogP contribution >= 0.6 is 0 Å². The molecule has 3 heteroatoms. The van der Waals surface area contributed by atoms with Crippen LogP contribution in [0.25, 0.3) is 6.08 Å². The van der Waals surface area contributed by atoms with Crippen LogP contribution in [0.4, 0.5) is 0 Å². The molecule has 0 bridgehead atoms. The van der Waals surface area contributed by atoms with Gasteiger partial charge in [0, 0.05) is 45.4 Å². The molecular formula is C19H30N2O. The highest BCUT2D eigenvalue weighted by Gasteiger charge is 2.26. The van der Waals surface area contributed by atoms with Crippen molar-refractivity contribution < 1.29 is 5.11 Å². The van der Waals surface area contributed by atoms with Crippen molar-refractivity contribution in [3.8, 4) is 0 Å². The van der Waals surface area contributed by atoms with Crippen LogP contribution in [-0.2, 0) is 0 Å². The van der Waals surface area contributed by atoms with Gasteiger partial charge in [-0.15, -0.1) is 0 Å². The van der Waals surface area contributed by atoms with Crippen LogP contribution in [0.5, 0.6) is 0 Å². The molecule has 0 aromatic heterocycles. The van der Waals surface area contributed by atoms with Crippen molar-refractivity contribution in [2.24, 2.45) is 5.92 Å². The highest BCUT2D eigenvalue weighted by molar-refractivity contribution is 5.48. The van der Waals surface area contributed by atoms with Crippen molar-refractivity contribution >= 4 is 6.08 Å². The average molecular weight is 302 g/mol. The largest absolute Gasteiger partial charge is 0.396 e. The summed E-state index contributed by atoms with van der Waals surface area (Å²) in [7, 11) is 0. The number of aliphatic hydroxyl groups excluding tert-OH is 1. The summed E-state index contributed by atoms with van der Waals surface area (Å²) >= 11 is 0. The third-order valence-electron chi connectivity index (χ3n) is 4.22. The van der Waals surface area contributed by atoms with E-state index in [2.05, 4.69) is 60.1 Å². The summed E-state index contributed by atoms with van der Waals surface area (Å²) in [4.78, 5) is 5.05. The van der Waals surface area contributed by atoms with Gasteiger partial charge in [0.05, 0.1) is 0 Å². The third kappa shape index (κ3) is 5.56. The maximum absolute atomic E-state index is 9.32. The Morgan fingerprint density at radius 2 is 2.00 bits per heavy atom. The maximum atomic E-state index is 9.32. The molecule has 0 unspecified atom stereocenters. The van der Waals surface area contributed by atoms with Crippen molar-refractivity contribution in [2.75, 3.05) is 39.3 Å². The van der Waals surface area contributed by atoms with E-state index in [9.17, 15) is 5.11 Å². The van der Waals surface area contributed by atoms with Gasteiger partial charge in [0.2, 0.25) is 0 Å². The Morgan fingerprint density at radius 1 is 1.23 bits per heavy atom. The Kier molecular flexibility index (Phi) is 7.10. The minimum atomic E-state index is 0.285. The fraction of sp³-hybridized carbons (Fsp3) is 0.579. The second-order valence-corrected chi connectivity index (χ2v) is 6.63. The van der Waals surface area contributed by atoms with Crippen LogP contribution in [0.15, 0.2) is 36.4 Å². The molecule has 1 aromatic carbocycles.